The van der Waals surface area contributed by atoms with Gasteiger partial charge >= 0.3 is 11.9 Å². The first-order valence-corrected chi connectivity index (χ1v) is 6.40. The minimum Gasteiger partial charge on any atom is -0.543 e. The third kappa shape index (κ3) is 6.00. The summed E-state index contributed by atoms with van der Waals surface area (Å²) in [5.74, 6) is -3.51. The Labute approximate surface area is 131 Å². The molecule has 122 valence electrons. The molecular formula is C15H14NO7-. The van der Waals surface area contributed by atoms with E-state index in [4.69, 9.17) is 9.47 Å². The number of benzene rings is 1. The highest BCUT2D eigenvalue weighted by molar-refractivity contribution is 5.95. The summed E-state index contributed by atoms with van der Waals surface area (Å²) in [6, 6.07) is 4.02. The van der Waals surface area contributed by atoms with Crippen LogP contribution in [0.5, 0.6) is 11.5 Å². The van der Waals surface area contributed by atoms with Crippen molar-refractivity contribution in [3.63, 3.8) is 0 Å². The molecular weight excluding hydrogens is 306 g/mol. The van der Waals surface area contributed by atoms with E-state index in [1.54, 1.807) is 0 Å². The number of ether oxygens (including phenoxy) is 2. The van der Waals surface area contributed by atoms with Crippen LogP contribution in [-0.4, -0.2) is 23.8 Å². The molecule has 0 aliphatic heterocycles. The maximum atomic E-state index is 11.1. The number of aliphatic carboxylic acids is 1. The van der Waals surface area contributed by atoms with Crippen LogP contribution in [-0.2, 0) is 19.2 Å². The van der Waals surface area contributed by atoms with E-state index in [2.05, 4.69) is 5.32 Å². The molecule has 0 spiro atoms. The SMILES string of the molecule is CC(=O)N/C(=C/c1ccc(OC(C)=O)c(OC(C)=O)c1)C(=O)[O-]. The lowest BCUT2D eigenvalue weighted by molar-refractivity contribution is -0.299. The smallest absolute Gasteiger partial charge is 0.308 e. The second-order valence-electron chi connectivity index (χ2n) is 4.42. The number of hydrogen-bond donors (Lipinski definition) is 1. The average molecular weight is 320 g/mol. The molecule has 0 radical (unpaired) electrons. The topological polar surface area (TPSA) is 122 Å². The summed E-state index contributed by atoms with van der Waals surface area (Å²) >= 11 is 0. The Morgan fingerprint density at radius 1 is 1.00 bits per heavy atom. The number of amides is 1. The van der Waals surface area contributed by atoms with E-state index in [0.29, 0.717) is 0 Å². The van der Waals surface area contributed by atoms with Crippen molar-refractivity contribution in [2.45, 2.75) is 20.8 Å². The third-order valence-corrected chi connectivity index (χ3v) is 2.32. The lowest BCUT2D eigenvalue weighted by atomic mass is 10.1. The summed E-state index contributed by atoms with van der Waals surface area (Å²) < 4.78 is 9.80. The second kappa shape index (κ2) is 7.74. The fourth-order valence-electron chi connectivity index (χ4n) is 1.59. The Bertz CT molecular complexity index is 691. The van der Waals surface area contributed by atoms with Crippen LogP contribution in [0.4, 0.5) is 0 Å². The van der Waals surface area contributed by atoms with E-state index in [-0.39, 0.29) is 17.1 Å². The van der Waals surface area contributed by atoms with Crippen LogP contribution in [0.1, 0.15) is 26.3 Å². The van der Waals surface area contributed by atoms with Crippen molar-refractivity contribution in [3.8, 4) is 11.5 Å². The number of nitrogens with one attached hydrogen (secondary N) is 1. The van der Waals surface area contributed by atoms with Gasteiger partial charge in [-0.2, -0.15) is 0 Å². The minimum absolute atomic E-state index is 0.000577. The highest BCUT2D eigenvalue weighted by atomic mass is 16.6. The van der Waals surface area contributed by atoms with Gasteiger partial charge in [0.25, 0.3) is 0 Å². The fraction of sp³-hybridized carbons (Fsp3) is 0.200. The van der Waals surface area contributed by atoms with Gasteiger partial charge in [0.05, 0.1) is 11.7 Å². The second-order valence-corrected chi connectivity index (χ2v) is 4.42. The normalized spacial score (nSPS) is 10.7. The summed E-state index contributed by atoms with van der Waals surface area (Å²) in [6.07, 6.45) is 1.11. The quantitative estimate of drug-likeness (QED) is 0.451. The number of esters is 2. The number of hydrogen-bond acceptors (Lipinski definition) is 7. The molecule has 8 heteroatoms. The standard InChI is InChI=1S/C15H15NO7/c1-8(17)16-12(15(20)21)6-11-4-5-13(22-9(2)18)14(7-11)23-10(3)19/h4-7H,1-3H3,(H,16,17)(H,20,21)/p-1/b12-6+. The molecule has 0 aromatic heterocycles. The van der Waals surface area contributed by atoms with Crippen LogP contribution in [0.15, 0.2) is 23.9 Å². The van der Waals surface area contributed by atoms with Gasteiger partial charge in [0.2, 0.25) is 5.91 Å². The van der Waals surface area contributed by atoms with E-state index in [0.717, 1.165) is 19.9 Å². The zero-order valence-corrected chi connectivity index (χ0v) is 12.7. The first-order chi connectivity index (χ1) is 10.7. The predicted octanol–water partition coefficient (Wildman–Crippen LogP) is -0.236. The molecule has 1 aromatic rings. The van der Waals surface area contributed by atoms with Crippen LogP contribution >= 0.6 is 0 Å². The maximum absolute atomic E-state index is 11.1. The molecule has 0 unspecified atom stereocenters. The zero-order chi connectivity index (χ0) is 17.6. The molecule has 0 atom stereocenters. The molecule has 0 aliphatic rings. The summed E-state index contributed by atoms with van der Waals surface area (Å²) in [4.78, 5) is 44.0. The Balaban J connectivity index is 3.26. The predicted molar refractivity (Wildman–Crippen MR) is 75.9 cm³/mol. The van der Waals surface area contributed by atoms with E-state index in [1.807, 2.05) is 0 Å². The van der Waals surface area contributed by atoms with E-state index < -0.39 is 29.5 Å². The number of carboxylic acid groups (broad SMARTS) is 1. The lowest BCUT2D eigenvalue weighted by Gasteiger charge is -2.11. The van der Waals surface area contributed by atoms with Gasteiger partial charge in [0.1, 0.15) is 0 Å². The summed E-state index contributed by atoms with van der Waals surface area (Å²) in [6.45, 7) is 3.48. The summed E-state index contributed by atoms with van der Waals surface area (Å²) in [5, 5.41) is 13.1. The van der Waals surface area contributed by atoms with Gasteiger partial charge in [-0.15, -0.1) is 0 Å². The molecule has 0 fully saturated rings. The zero-order valence-electron chi connectivity index (χ0n) is 12.7. The van der Waals surface area contributed by atoms with Crippen molar-refractivity contribution in [2.75, 3.05) is 0 Å². The largest absolute Gasteiger partial charge is 0.543 e. The van der Waals surface area contributed by atoms with Gasteiger partial charge in [-0.3, -0.25) is 14.4 Å². The van der Waals surface area contributed by atoms with Gasteiger partial charge in [-0.25, -0.2) is 0 Å². The molecule has 0 bridgehead atoms. The molecule has 1 rings (SSSR count). The molecule has 1 N–H and O–H groups in total. The fourth-order valence-corrected chi connectivity index (χ4v) is 1.59. The van der Waals surface area contributed by atoms with Crippen molar-refractivity contribution in [2.24, 2.45) is 0 Å². The van der Waals surface area contributed by atoms with Crippen LogP contribution in [0.2, 0.25) is 0 Å². The van der Waals surface area contributed by atoms with E-state index >= 15 is 0 Å². The van der Waals surface area contributed by atoms with Crippen LogP contribution in [0.3, 0.4) is 0 Å². The Hall–Kier alpha value is -3.16. The lowest BCUT2D eigenvalue weighted by Crippen LogP contribution is -2.34. The summed E-state index contributed by atoms with van der Waals surface area (Å²) in [5.41, 5.74) is -0.184. The van der Waals surface area contributed by atoms with Crippen LogP contribution in [0.25, 0.3) is 6.08 Å². The number of carbonyl (C=O) groups excluding carboxylic acids is 4. The minimum atomic E-state index is -1.58. The molecule has 1 aromatic carbocycles. The van der Waals surface area contributed by atoms with E-state index in [9.17, 15) is 24.3 Å². The maximum Gasteiger partial charge on any atom is 0.308 e. The van der Waals surface area contributed by atoms with E-state index in [1.165, 1.54) is 25.1 Å². The Morgan fingerprint density at radius 2 is 1.57 bits per heavy atom. The van der Waals surface area contributed by atoms with Crippen molar-refractivity contribution >= 4 is 29.9 Å². The summed E-state index contributed by atoms with van der Waals surface area (Å²) in [7, 11) is 0. The van der Waals surface area contributed by atoms with Crippen LogP contribution < -0.4 is 19.9 Å². The van der Waals surface area contributed by atoms with Crippen molar-refractivity contribution in [1.29, 1.82) is 0 Å². The van der Waals surface area contributed by atoms with Crippen LogP contribution in [0, 0.1) is 0 Å². The Morgan fingerprint density at radius 3 is 2.04 bits per heavy atom. The molecule has 0 aliphatic carbocycles. The van der Waals surface area contributed by atoms with Crippen molar-refractivity contribution in [1.82, 2.24) is 5.32 Å². The number of carbonyl (C=O) groups is 4. The van der Waals surface area contributed by atoms with Gasteiger partial charge < -0.3 is 24.7 Å². The van der Waals surface area contributed by atoms with Gasteiger partial charge in [-0.05, 0) is 23.8 Å². The van der Waals surface area contributed by atoms with Gasteiger partial charge in [0, 0.05) is 20.8 Å². The monoisotopic (exact) mass is 320 g/mol. The van der Waals surface area contributed by atoms with Gasteiger partial charge in [-0.1, -0.05) is 6.07 Å². The molecule has 0 heterocycles. The molecule has 1 amide bonds. The van der Waals surface area contributed by atoms with Crippen molar-refractivity contribution in [3.05, 3.63) is 29.5 Å². The highest BCUT2D eigenvalue weighted by Gasteiger charge is 2.11. The first kappa shape index (κ1) is 17.9. The Kier molecular flexibility index (Phi) is 6.02. The molecule has 23 heavy (non-hydrogen) atoms. The number of rotatable bonds is 5. The first-order valence-electron chi connectivity index (χ1n) is 6.40. The third-order valence-electron chi connectivity index (χ3n) is 2.32. The highest BCUT2D eigenvalue weighted by Crippen LogP contribution is 2.29. The average Bonchev–Trinajstić information content (AvgIpc) is 2.39. The molecule has 0 saturated heterocycles. The molecule has 8 nitrogen and oxygen atoms in total. The van der Waals surface area contributed by atoms with Crippen molar-refractivity contribution < 1.29 is 33.8 Å². The van der Waals surface area contributed by atoms with Gasteiger partial charge in [0.15, 0.2) is 11.5 Å². The number of carboxylic acids is 1. The molecule has 0 saturated carbocycles.